The molecule has 1 aromatic rings. The first-order valence-corrected chi connectivity index (χ1v) is 8.10. The summed E-state index contributed by atoms with van der Waals surface area (Å²) in [7, 11) is 0. The lowest BCUT2D eigenvalue weighted by atomic mass is 9.88. The highest BCUT2D eigenvalue weighted by Crippen LogP contribution is 2.43. The van der Waals surface area contributed by atoms with Crippen molar-refractivity contribution < 1.29 is 14.0 Å². The number of fused-ring (bicyclic) bond motifs is 1. The van der Waals surface area contributed by atoms with E-state index in [1.807, 2.05) is 0 Å². The zero-order chi connectivity index (χ0) is 16.0. The molecule has 0 spiro atoms. The van der Waals surface area contributed by atoms with E-state index in [-0.39, 0.29) is 17.7 Å². The number of carbonyl (C=O) groups is 2. The van der Waals surface area contributed by atoms with E-state index in [2.05, 4.69) is 9.97 Å². The molecule has 4 rings (SSSR count). The van der Waals surface area contributed by atoms with Gasteiger partial charge >= 0.3 is 0 Å². The third-order valence-corrected chi connectivity index (χ3v) is 5.23. The van der Waals surface area contributed by atoms with Gasteiger partial charge in [0.15, 0.2) is 5.67 Å². The van der Waals surface area contributed by atoms with Crippen LogP contribution in [0, 0.1) is 11.8 Å². The normalized spacial score (nSPS) is 28.4. The number of halogens is 1. The minimum atomic E-state index is -1.59. The Kier molecular flexibility index (Phi) is 3.32. The molecule has 3 fully saturated rings. The highest BCUT2D eigenvalue weighted by molar-refractivity contribution is 5.92. The molecule has 2 saturated heterocycles. The number of nitrogens with zero attached hydrogens (tertiary/aromatic N) is 4. The van der Waals surface area contributed by atoms with Gasteiger partial charge in [0.1, 0.15) is 5.69 Å². The van der Waals surface area contributed by atoms with Crippen LogP contribution in [0.4, 0.5) is 4.39 Å². The second-order valence-corrected chi connectivity index (χ2v) is 6.83. The predicted molar refractivity (Wildman–Crippen MR) is 79.2 cm³/mol. The average molecular weight is 318 g/mol. The smallest absolute Gasteiger partial charge is 0.274 e. The van der Waals surface area contributed by atoms with E-state index in [0.29, 0.717) is 50.6 Å². The summed E-state index contributed by atoms with van der Waals surface area (Å²) in [4.78, 5) is 36.0. The van der Waals surface area contributed by atoms with E-state index in [1.165, 1.54) is 18.6 Å². The Morgan fingerprint density at radius 1 is 1.13 bits per heavy atom. The van der Waals surface area contributed by atoms with Crippen LogP contribution in [-0.2, 0) is 4.79 Å². The van der Waals surface area contributed by atoms with Gasteiger partial charge in [-0.3, -0.25) is 14.6 Å². The fraction of sp³-hybridized carbons (Fsp3) is 0.625. The molecule has 3 aliphatic rings. The maximum absolute atomic E-state index is 14.0. The molecule has 0 radical (unpaired) electrons. The van der Waals surface area contributed by atoms with Gasteiger partial charge in [-0.25, -0.2) is 9.37 Å². The van der Waals surface area contributed by atoms with Gasteiger partial charge in [0, 0.05) is 38.6 Å². The van der Waals surface area contributed by atoms with Crippen LogP contribution < -0.4 is 0 Å². The van der Waals surface area contributed by atoms with Crippen molar-refractivity contribution >= 4 is 11.8 Å². The largest absolute Gasteiger partial charge is 0.339 e. The molecule has 1 aliphatic carbocycles. The molecule has 122 valence electrons. The van der Waals surface area contributed by atoms with Crippen molar-refractivity contribution in [2.24, 2.45) is 11.8 Å². The summed E-state index contributed by atoms with van der Waals surface area (Å²) in [5, 5.41) is 0. The van der Waals surface area contributed by atoms with E-state index < -0.39 is 5.67 Å². The Labute approximate surface area is 133 Å². The van der Waals surface area contributed by atoms with Gasteiger partial charge in [0.05, 0.1) is 6.20 Å². The lowest BCUT2D eigenvalue weighted by molar-refractivity contribution is -0.137. The molecule has 2 aliphatic heterocycles. The predicted octanol–water partition coefficient (Wildman–Crippen LogP) is 0.899. The van der Waals surface area contributed by atoms with Crippen molar-refractivity contribution in [1.29, 1.82) is 0 Å². The SMILES string of the molecule is O=C(c1cnccn1)N1CC[C@@H]2CN(C(=O)C3(F)CC3)C[C@H]2C1. The molecular formula is C16H19FN4O2. The molecule has 23 heavy (non-hydrogen) atoms. The van der Waals surface area contributed by atoms with E-state index in [4.69, 9.17) is 0 Å². The van der Waals surface area contributed by atoms with Gasteiger partial charge in [0.2, 0.25) is 0 Å². The van der Waals surface area contributed by atoms with E-state index in [1.54, 1.807) is 9.80 Å². The number of aromatic nitrogens is 2. The quantitative estimate of drug-likeness (QED) is 0.812. The molecular weight excluding hydrogens is 299 g/mol. The number of rotatable bonds is 2. The first-order valence-electron chi connectivity index (χ1n) is 8.10. The number of carbonyl (C=O) groups excluding carboxylic acids is 2. The Hall–Kier alpha value is -2.05. The molecule has 3 heterocycles. The van der Waals surface area contributed by atoms with Gasteiger partial charge in [-0.1, -0.05) is 0 Å². The second kappa shape index (κ2) is 5.25. The first kappa shape index (κ1) is 14.5. The zero-order valence-corrected chi connectivity index (χ0v) is 12.8. The number of alkyl halides is 1. The van der Waals surface area contributed by atoms with Gasteiger partial charge in [-0.15, -0.1) is 0 Å². The average Bonchev–Trinajstić information content (AvgIpc) is 3.20. The van der Waals surface area contributed by atoms with Crippen LogP contribution in [-0.4, -0.2) is 63.4 Å². The van der Waals surface area contributed by atoms with Gasteiger partial charge in [-0.05, 0) is 31.1 Å². The second-order valence-electron chi connectivity index (χ2n) is 6.83. The third kappa shape index (κ3) is 2.58. The van der Waals surface area contributed by atoms with E-state index in [0.717, 1.165) is 6.42 Å². The summed E-state index contributed by atoms with van der Waals surface area (Å²) < 4.78 is 14.0. The summed E-state index contributed by atoms with van der Waals surface area (Å²) in [5.41, 5.74) is -1.25. The van der Waals surface area contributed by atoms with Gasteiger partial charge in [-0.2, -0.15) is 0 Å². The molecule has 0 bridgehead atoms. The molecule has 1 aromatic heterocycles. The molecule has 0 unspecified atom stereocenters. The van der Waals surface area contributed by atoms with Crippen LogP contribution in [0.3, 0.4) is 0 Å². The van der Waals surface area contributed by atoms with E-state index in [9.17, 15) is 14.0 Å². The Morgan fingerprint density at radius 3 is 2.57 bits per heavy atom. The fourth-order valence-electron chi connectivity index (χ4n) is 3.70. The maximum Gasteiger partial charge on any atom is 0.274 e. The molecule has 0 N–H and O–H groups in total. The van der Waals surface area contributed by atoms with Crippen LogP contribution in [0.15, 0.2) is 18.6 Å². The Bertz CT molecular complexity index is 634. The highest BCUT2D eigenvalue weighted by Gasteiger charge is 2.54. The number of piperidine rings is 1. The van der Waals surface area contributed by atoms with Crippen molar-refractivity contribution in [3.05, 3.63) is 24.3 Å². The summed E-state index contributed by atoms with van der Waals surface area (Å²) in [6.07, 6.45) is 6.07. The van der Waals surface area contributed by atoms with Crippen LogP contribution >= 0.6 is 0 Å². The number of likely N-dealkylation sites (tertiary alicyclic amines) is 2. The summed E-state index contributed by atoms with van der Waals surface area (Å²) in [5.74, 6) is 0.132. The van der Waals surface area contributed by atoms with Crippen LogP contribution in [0.2, 0.25) is 0 Å². The zero-order valence-electron chi connectivity index (χ0n) is 12.8. The minimum absolute atomic E-state index is 0.120. The number of amides is 2. The molecule has 1 saturated carbocycles. The van der Waals surface area contributed by atoms with Crippen molar-refractivity contribution in [3.63, 3.8) is 0 Å². The highest BCUT2D eigenvalue weighted by atomic mass is 19.1. The molecule has 2 atom stereocenters. The Morgan fingerprint density at radius 2 is 1.87 bits per heavy atom. The molecule has 0 aromatic carbocycles. The van der Waals surface area contributed by atoms with Gasteiger partial charge < -0.3 is 9.80 Å². The molecule has 2 amide bonds. The number of hydrogen-bond donors (Lipinski definition) is 0. The van der Waals surface area contributed by atoms with Crippen LogP contribution in [0.1, 0.15) is 29.8 Å². The topological polar surface area (TPSA) is 66.4 Å². The lowest BCUT2D eigenvalue weighted by Crippen LogP contribution is -2.43. The standard InChI is InChI=1S/C16H19FN4O2/c17-16(2-3-16)15(23)21-8-11-1-6-20(9-12(11)10-21)14(22)13-7-18-4-5-19-13/h4-5,7,11-12H,1-3,6,8-10H2/t11-,12-/m1/s1. The fourth-order valence-corrected chi connectivity index (χ4v) is 3.70. The van der Waals surface area contributed by atoms with Crippen molar-refractivity contribution in [2.45, 2.75) is 24.9 Å². The van der Waals surface area contributed by atoms with Crippen molar-refractivity contribution in [3.8, 4) is 0 Å². The van der Waals surface area contributed by atoms with Gasteiger partial charge in [0.25, 0.3) is 11.8 Å². The molecule has 7 heteroatoms. The summed E-state index contributed by atoms with van der Waals surface area (Å²) >= 11 is 0. The summed E-state index contributed by atoms with van der Waals surface area (Å²) in [6, 6.07) is 0. The minimum Gasteiger partial charge on any atom is -0.339 e. The summed E-state index contributed by atoms with van der Waals surface area (Å²) in [6.45, 7) is 2.43. The number of hydrogen-bond acceptors (Lipinski definition) is 4. The van der Waals surface area contributed by atoms with E-state index >= 15 is 0 Å². The monoisotopic (exact) mass is 318 g/mol. The lowest BCUT2D eigenvalue weighted by Gasteiger charge is -2.33. The molecule has 6 nitrogen and oxygen atoms in total. The maximum atomic E-state index is 14.0. The van der Waals surface area contributed by atoms with Crippen LogP contribution in [0.5, 0.6) is 0 Å². The third-order valence-electron chi connectivity index (χ3n) is 5.23. The van der Waals surface area contributed by atoms with Crippen molar-refractivity contribution in [1.82, 2.24) is 19.8 Å². The Balaban J connectivity index is 1.42. The van der Waals surface area contributed by atoms with Crippen molar-refractivity contribution in [2.75, 3.05) is 26.2 Å². The first-order chi connectivity index (χ1) is 11.1. The van der Waals surface area contributed by atoms with Crippen LogP contribution in [0.25, 0.3) is 0 Å².